The molecule has 3 nitrogen and oxygen atoms in total. The lowest BCUT2D eigenvalue weighted by molar-refractivity contribution is 0.589. The van der Waals surface area contributed by atoms with Crippen molar-refractivity contribution in [1.29, 1.82) is 5.26 Å². The Hall–Kier alpha value is -5.73. The van der Waals surface area contributed by atoms with E-state index in [1.54, 1.807) is 0 Å². The average Bonchev–Trinajstić information content (AvgIpc) is 3.64. The molecular formula is C53H53F2N3. The molecule has 2 aromatic heterocycles. The molecule has 0 radical (unpaired) electrons. The van der Waals surface area contributed by atoms with Gasteiger partial charge in [0.2, 0.25) is 0 Å². The molecule has 0 aliphatic carbocycles. The molecule has 294 valence electrons. The van der Waals surface area contributed by atoms with Gasteiger partial charge in [-0.15, -0.1) is 0 Å². The number of hydrogen-bond acceptors (Lipinski definition) is 1. The molecule has 0 aliphatic heterocycles. The third-order valence-electron chi connectivity index (χ3n) is 11.9. The van der Waals surface area contributed by atoms with Crippen molar-refractivity contribution in [3.8, 4) is 28.6 Å². The molecule has 58 heavy (non-hydrogen) atoms. The summed E-state index contributed by atoms with van der Waals surface area (Å²) < 4.78 is 36.5. The smallest absolute Gasteiger partial charge is 0.133 e. The van der Waals surface area contributed by atoms with Gasteiger partial charge in [0, 0.05) is 21.5 Å². The van der Waals surface area contributed by atoms with Crippen LogP contribution in [-0.4, -0.2) is 9.13 Å². The van der Waals surface area contributed by atoms with Crippen LogP contribution in [0.4, 0.5) is 8.78 Å². The summed E-state index contributed by atoms with van der Waals surface area (Å²) in [7, 11) is 0. The van der Waals surface area contributed by atoms with Gasteiger partial charge in [0.05, 0.1) is 39.0 Å². The van der Waals surface area contributed by atoms with Crippen LogP contribution in [0, 0.1) is 23.0 Å². The average molecular weight is 770 g/mol. The second kappa shape index (κ2) is 13.1. The summed E-state index contributed by atoms with van der Waals surface area (Å²) in [6.45, 7) is 26.3. The van der Waals surface area contributed by atoms with Gasteiger partial charge in [-0.1, -0.05) is 138 Å². The van der Waals surface area contributed by atoms with Crippen molar-refractivity contribution < 1.29 is 8.78 Å². The van der Waals surface area contributed by atoms with Gasteiger partial charge in [-0.25, -0.2) is 8.78 Å². The molecule has 0 unspecified atom stereocenters. The summed E-state index contributed by atoms with van der Waals surface area (Å²) in [5.74, 6) is -1.33. The number of rotatable bonds is 3. The summed E-state index contributed by atoms with van der Waals surface area (Å²) in [6, 6.07) is 36.6. The molecule has 8 rings (SSSR count). The van der Waals surface area contributed by atoms with Crippen LogP contribution in [0.25, 0.3) is 66.1 Å². The Bertz CT molecular complexity index is 2680. The fourth-order valence-corrected chi connectivity index (χ4v) is 8.42. The van der Waals surface area contributed by atoms with E-state index in [2.05, 4.69) is 171 Å². The van der Waals surface area contributed by atoms with Gasteiger partial charge >= 0.3 is 0 Å². The maximum atomic E-state index is 16.1. The first-order valence-electron chi connectivity index (χ1n) is 20.3. The maximum absolute atomic E-state index is 16.1. The van der Waals surface area contributed by atoms with E-state index in [4.69, 9.17) is 0 Å². The molecular weight excluding hydrogens is 717 g/mol. The van der Waals surface area contributed by atoms with Gasteiger partial charge in [0.15, 0.2) is 0 Å². The first kappa shape index (κ1) is 39.1. The zero-order chi connectivity index (χ0) is 41.9. The van der Waals surface area contributed by atoms with Gasteiger partial charge in [-0.05, 0) is 98.0 Å². The highest BCUT2D eigenvalue weighted by molar-refractivity contribution is 6.12. The predicted octanol–water partition coefficient (Wildman–Crippen LogP) is 14.9. The largest absolute Gasteiger partial charge is 0.308 e. The van der Waals surface area contributed by atoms with Crippen molar-refractivity contribution in [2.24, 2.45) is 0 Å². The maximum Gasteiger partial charge on any atom is 0.133 e. The minimum Gasteiger partial charge on any atom is -0.308 e. The van der Waals surface area contributed by atoms with Gasteiger partial charge in [-0.2, -0.15) is 5.26 Å². The summed E-state index contributed by atoms with van der Waals surface area (Å²) in [5.41, 5.74) is 9.36. The third kappa shape index (κ3) is 6.38. The van der Waals surface area contributed by atoms with Gasteiger partial charge in [0.1, 0.15) is 23.3 Å². The lowest BCUT2D eigenvalue weighted by Gasteiger charge is -2.23. The standard InChI is InChI=1S/C53H53F2N3/c1-50(2,3)32-16-20-36-37-21-17-33(51(4,5)6)27-46(37)57(45(36)26-32)43-24-31(49-41(54)14-13-15-42(49)55)25-44(40(43)30-56)58-47-28-34(52(7,8)9)18-22-38(47)39-23-19-35(29-48(39)58)53(10,11)12/h13-29H,1-12H3. The van der Waals surface area contributed by atoms with Crippen molar-refractivity contribution in [1.82, 2.24) is 9.13 Å². The zero-order valence-corrected chi connectivity index (χ0v) is 35.9. The van der Waals surface area contributed by atoms with Crippen LogP contribution in [-0.2, 0) is 21.7 Å². The van der Waals surface area contributed by atoms with E-state index in [9.17, 15) is 5.26 Å². The summed E-state index contributed by atoms with van der Waals surface area (Å²) >= 11 is 0. The Morgan fingerprint density at radius 1 is 0.431 bits per heavy atom. The van der Waals surface area contributed by atoms with Gasteiger partial charge in [-0.3, -0.25) is 0 Å². The van der Waals surface area contributed by atoms with Crippen molar-refractivity contribution in [2.45, 2.75) is 105 Å². The first-order chi connectivity index (χ1) is 27.1. The second-order valence-corrected chi connectivity index (χ2v) is 20.2. The van der Waals surface area contributed by atoms with Crippen LogP contribution in [0.1, 0.15) is 111 Å². The van der Waals surface area contributed by atoms with Crippen LogP contribution in [0.5, 0.6) is 0 Å². The highest BCUT2D eigenvalue weighted by Crippen LogP contribution is 2.44. The van der Waals surface area contributed by atoms with E-state index in [0.717, 1.165) is 65.9 Å². The van der Waals surface area contributed by atoms with Crippen molar-refractivity contribution >= 4 is 43.6 Å². The number of halogens is 2. The summed E-state index contributed by atoms with van der Waals surface area (Å²) in [4.78, 5) is 0. The number of hydrogen-bond donors (Lipinski definition) is 0. The molecule has 0 fully saturated rings. The Morgan fingerprint density at radius 2 is 0.724 bits per heavy atom. The summed E-state index contributed by atoms with van der Waals surface area (Å²) in [5, 5.41) is 15.7. The fraction of sp³-hybridized carbons (Fsp3) is 0.302. The quantitative estimate of drug-likeness (QED) is 0.176. The van der Waals surface area contributed by atoms with E-state index in [1.165, 1.54) is 18.2 Å². The number of benzene rings is 6. The lowest BCUT2D eigenvalue weighted by Crippen LogP contribution is -2.12. The van der Waals surface area contributed by atoms with Crippen LogP contribution in [0.2, 0.25) is 0 Å². The molecule has 6 aromatic carbocycles. The number of aromatic nitrogens is 2. The molecule has 2 heterocycles. The topological polar surface area (TPSA) is 33.6 Å². The number of fused-ring (bicyclic) bond motifs is 6. The SMILES string of the molecule is CC(C)(C)c1ccc2c3ccc(C(C)(C)C)cc3n(-c3cc(-c4c(F)cccc4F)cc(-n4c5cc(C(C)(C)C)ccc5c5ccc(C(C)(C)C)cc54)c3C#N)c2c1. The number of nitrogens with zero attached hydrogens (tertiary/aromatic N) is 3. The highest BCUT2D eigenvalue weighted by Gasteiger charge is 2.28. The normalized spacial score (nSPS) is 13.0. The van der Waals surface area contributed by atoms with Gasteiger partial charge < -0.3 is 9.13 Å². The Balaban J connectivity index is 1.62. The number of nitriles is 1. The van der Waals surface area contributed by atoms with Crippen molar-refractivity contribution in [3.05, 3.63) is 143 Å². The molecule has 0 atom stereocenters. The van der Waals surface area contributed by atoms with E-state index in [-0.39, 0.29) is 27.2 Å². The highest BCUT2D eigenvalue weighted by atomic mass is 19.1. The van der Waals surface area contributed by atoms with Crippen LogP contribution in [0.15, 0.2) is 103 Å². The fourth-order valence-electron chi connectivity index (χ4n) is 8.42. The molecule has 0 saturated carbocycles. The molecule has 8 aromatic rings. The molecule has 0 bridgehead atoms. The minimum atomic E-state index is -0.666. The monoisotopic (exact) mass is 769 g/mol. The van der Waals surface area contributed by atoms with Crippen molar-refractivity contribution in [3.63, 3.8) is 0 Å². The van der Waals surface area contributed by atoms with Crippen LogP contribution >= 0.6 is 0 Å². The third-order valence-corrected chi connectivity index (χ3v) is 11.9. The Kier molecular flexibility index (Phi) is 8.87. The molecule has 0 saturated heterocycles. The molecule has 5 heteroatoms. The first-order valence-corrected chi connectivity index (χ1v) is 20.3. The molecule has 0 amide bonds. The summed E-state index contributed by atoms with van der Waals surface area (Å²) in [6.07, 6.45) is 0. The van der Waals surface area contributed by atoms with Crippen LogP contribution < -0.4 is 0 Å². The zero-order valence-electron chi connectivity index (χ0n) is 35.9. The second-order valence-electron chi connectivity index (χ2n) is 20.2. The predicted molar refractivity (Wildman–Crippen MR) is 240 cm³/mol. The van der Waals surface area contributed by atoms with Crippen molar-refractivity contribution in [2.75, 3.05) is 0 Å². The lowest BCUT2D eigenvalue weighted by atomic mass is 9.86. The van der Waals surface area contributed by atoms with E-state index in [0.29, 0.717) is 22.5 Å². The van der Waals surface area contributed by atoms with Crippen LogP contribution in [0.3, 0.4) is 0 Å². The Labute approximate surface area is 341 Å². The van der Waals surface area contributed by atoms with E-state index in [1.807, 2.05) is 12.1 Å². The van der Waals surface area contributed by atoms with E-state index >= 15 is 8.78 Å². The van der Waals surface area contributed by atoms with Gasteiger partial charge in [0.25, 0.3) is 0 Å². The van der Waals surface area contributed by atoms with E-state index < -0.39 is 11.6 Å². The Morgan fingerprint density at radius 3 is 0.983 bits per heavy atom. The minimum absolute atomic E-state index is 0.132. The molecule has 0 spiro atoms. The molecule has 0 aliphatic rings. The molecule has 0 N–H and O–H groups in total.